The van der Waals surface area contributed by atoms with Gasteiger partial charge in [0.1, 0.15) is 12.4 Å². The number of carbonyl (C=O) groups is 1. The summed E-state index contributed by atoms with van der Waals surface area (Å²) in [6, 6.07) is 30.3. The molecule has 0 unspecified atom stereocenters. The van der Waals surface area contributed by atoms with Gasteiger partial charge in [-0.2, -0.15) is 5.10 Å². The summed E-state index contributed by atoms with van der Waals surface area (Å²) in [6.45, 7) is 0.276. The first kappa shape index (κ1) is 26.1. The zero-order valence-electron chi connectivity index (χ0n) is 19.9. The van der Waals surface area contributed by atoms with Gasteiger partial charge in [0.15, 0.2) is 0 Å². The Morgan fingerprint density at radius 1 is 0.947 bits per heavy atom. The summed E-state index contributed by atoms with van der Waals surface area (Å²) in [5.41, 5.74) is 7.05. The van der Waals surface area contributed by atoms with Crippen molar-refractivity contribution in [2.45, 2.75) is 6.61 Å². The van der Waals surface area contributed by atoms with Crippen LogP contribution in [-0.4, -0.2) is 17.1 Å². The molecule has 0 atom stereocenters. The van der Waals surface area contributed by atoms with Gasteiger partial charge >= 0.3 is 0 Å². The summed E-state index contributed by atoms with van der Waals surface area (Å²) in [5.74, 6) is 0.233. The number of carbonyl (C=O) groups excluding carboxylic acids is 1. The lowest BCUT2D eigenvalue weighted by Gasteiger charge is -2.13. The minimum absolute atomic E-state index is 0.276. The lowest BCUT2D eigenvalue weighted by Crippen LogP contribution is -2.18. The minimum Gasteiger partial charge on any atom is -0.487 e. The molecule has 0 radical (unpaired) electrons. The SMILES string of the molecule is O=C(N/N=C\c1cc(Br)cc(Br)c1OCc1ccccc1Cl)c1cc(-c2ccccc2)nc2ccccc12. The second-order valence-corrected chi connectivity index (χ2v) is 10.5. The molecule has 0 saturated heterocycles. The van der Waals surface area contributed by atoms with Gasteiger partial charge in [0.05, 0.1) is 27.5 Å². The number of pyridine rings is 1. The number of halogens is 3. The van der Waals surface area contributed by atoms with E-state index >= 15 is 0 Å². The molecule has 1 amide bonds. The van der Waals surface area contributed by atoms with Gasteiger partial charge in [0.2, 0.25) is 0 Å². The maximum absolute atomic E-state index is 13.3. The molecule has 0 saturated carbocycles. The van der Waals surface area contributed by atoms with Crippen molar-refractivity contribution in [2.24, 2.45) is 5.10 Å². The van der Waals surface area contributed by atoms with E-state index in [1.165, 1.54) is 0 Å². The summed E-state index contributed by atoms with van der Waals surface area (Å²) in [6.07, 6.45) is 1.55. The lowest BCUT2D eigenvalue weighted by molar-refractivity contribution is 0.0956. The van der Waals surface area contributed by atoms with E-state index in [1.807, 2.05) is 91.0 Å². The Kier molecular flexibility index (Phi) is 8.17. The average molecular weight is 650 g/mol. The van der Waals surface area contributed by atoms with Crippen LogP contribution in [0.2, 0.25) is 5.02 Å². The number of amides is 1. The second-order valence-electron chi connectivity index (χ2n) is 8.32. The third kappa shape index (κ3) is 5.96. The van der Waals surface area contributed by atoms with Crippen LogP contribution in [0.3, 0.4) is 0 Å². The average Bonchev–Trinajstić information content (AvgIpc) is 2.93. The van der Waals surface area contributed by atoms with Crippen LogP contribution in [0.15, 0.2) is 111 Å². The Morgan fingerprint density at radius 2 is 1.68 bits per heavy atom. The van der Waals surface area contributed by atoms with Crippen LogP contribution in [-0.2, 0) is 6.61 Å². The van der Waals surface area contributed by atoms with Crippen molar-refractivity contribution in [1.82, 2.24) is 10.4 Å². The predicted molar refractivity (Wildman–Crippen MR) is 160 cm³/mol. The Hall–Kier alpha value is -3.52. The molecule has 1 aromatic heterocycles. The van der Waals surface area contributed by atoms with Crippen molar-refractivity contribution >= 4 is 66.5 Å². The first-order valence-electron chi connectivity index (χ1n) is 11.6. The highest BCUT2D eigenvalue weighted by atomic mass is 79.9. The van der Waals surface area contributed by atoms with Gasteiger partial charge in [-0.05, 0) is 46.3 Å². The van der Waals surface area contributed by atoms with Crippen molar-refractivity contribution in [2.75, 3.05) is 0 Å². The van der Waals surface area contributed by atoms with Crippen LogP contribution < -0.4 is 10.2 Å². The third-order valence-corrected chi connectivity index (χ3v) is 7.18. The summed E-state index contributed by atoms with van der Waals surface area (Å²) < 4.78 is 7.65. The quantitative estimate of drug-likeness (QED) is 0.142. The number of nitrogens with zero attached hydrogens (tertiary/aromatic N) is 2. The molecule has 4 aromatic carbocycles. The molecule has 5 nitrogen and oxygen atoms in total. The van der Waals surface area contributed by atoms with Gasteiger partial charge in [-0.3, -0.25) is 4.79 Å². The van der Waals surface area contributed by atoms with Crippen molar-refractivity contribution in [1.29, 1.82) is 0 Å². The van der Waals surface area contributed by atoms with E-state index in [2.05, 4.69) is 42.4 Å². The van der Waals surface area contributed by atoms with Gasteiger partial charge in [-0.1, -0.05) is 94.3 Å². The molecular weight excluding hydrogens is 630 g/mol. The van der Waals surface area contributed by atoms with E-state index in [0.717, 1.165) is 31.0 Å². The number of fused-ring (bicyclic) bond motifs is 1. The fourth-order valence-corrected chi connectivity index (χ4v) is 5.50. The number of nitrogens with one attached hydrogen (secondary N) is 1. The zero-order valence-corrected chi connectivity index (χ0v) is 23.8. The number of rotatable bonds is 7. The highest BCUT2D eigenvalue weighted by Crippen LogP contribution is 2.33. The molecule has 38 heavy (non-hydrogen) atoms. The van der Waals surface area contributed by atoms with Crippen molar-refractivity contribution < 1.29 is 9.53 Å². The molecule has 0 bridgehead atoms. The molecule has 5 rings (SSSR count). The zero-order chi connectivity index (χ0) is 26.5. The molecule has 1 N–H and O–H groups in total. The van der Waals surface area contributed by atoms with E-state index in [0.29, 0.717) is 27.6 Å². The smallest absolute Gasteiger partial charge is 0.272 e. The molecule has 1 heterocycles. The van der Waals surface area contributed by atoms with Crippen LogP contribution >= 0.6 is 43.5 Å². The number of hydrogen-bond donors (Lipinski definition) is 1. The van der Waals surface area contributed by atoms with Gasteiger partial charge in [0, 0.05) is 31.6 Å². The summed E-state index contributed by atoms with van der Waals surface area (Å²) in [4.78, 5) is 18.0. The van der Waals surface area contributed by atoms with Crippen LogP contribution in [0.4, 0.5) is 0 Å². The van der Waals surface area contributed by atoms with E-state index < -0.39 is 0 Å². The summed E-state index contributed by atoms with van der Waals surface area (Å²) >= 11 is 13.4. The van der Waals surface area contributed by atoms with Crippen LogP contribution in [0.5, 0.6) is 5.75 Å². The molecule has 0 aliphatic rings. The van der Waals surface area contributed by atoms with Gasteiger partial charge in [-0.25, -0.2) is 10.4 Å². The predicted octanol–water partition coefficient (Wildman–Crippen LogP) is 8.42. The fraction of sp³-hybridized carbons (Fsp3) is 0.0333. The van der Waals surface area contributed by atoms with Crippen LogP contribution in [0.1, 0.15) is 21.5 Å². The molecule has 8 heteroatoms. The number of hydrogen-bond acceptors (Lipinski definition) is 4. The number of para-hydroxylation sites is 1. The number of ether oxygens (including phenoxy) is 1. The highest BCUT2D eigenvalue weighted by molar-refractivity contribution is 9.11. The maximum Gasteiger partial charge on any atom is 0.272 e. The Balaban J connectivity index is 1.41. The molecular formula is C30H20Br2ClN3O2. The van der Waals surface area contributed by atoms with Gasteiger partial charge in [0.25, 0.3) is 5.91 Å². The fourth-order valence-electron chi connectivity index (χ4n) is 3.93. The highest BCUT2D eigenvalue weighted by Gasteiger charge is 2.14. The standard InChI is InChI=1S/C30H20Br2ClN3O2/c31-22-14-21(29(25(32)15-22)38-18-20-10-4-6-12-26(20)33)17-34-36-30(37)24-16-28(19-8-2-1-3-9-19)35-27-13-7-5-11-23(24)27/h1-17H,18H2,(H,36,37)/b34-17-. The Morgan fingerprint density at radius 3 is 2.50 bits per heavy atom. The Labute approximate surface area is 241 Å². The third-order valence-electron chi connectivity index (χ3n) is 5.77. The normalized spacial score (nSPS) is 11.1. The van der Waals surface area contributed by atoms with Crippen molar-refractivity contribution in [3.8, 4) is 17.0 Å². The molecule has 0 fully saturated rings. The van der Waals surface area contributed by atoms with E-state index in [4.69, 9.17) is 21.3 Å². The summed E-state index contributed by atoms with van der Waals surface area (Å²) in [7, 11) is 0. The number of hydrazone groups is 1. The molecule has 0 aliphatic carbocycles. The number of benzene rings is 4. The van der Waals surface area contributed by atoms with E-state index in [1.54, 1.807) is 12.3 Å². The molecule has 0 aliphatic heterocycles. The topological polar surface area (TPSA) is 63.6 Å². The number of aromatic nitrogens is 1. The van der Waals surface area contributed by atoms with Crippen LogP contribution in [0, 0.1) is 0 Å². The maximum atomic E-state index is 13.3. The van der Waals surface area contributed by atoms with Gasteiger partial charge in [-0.15, -0.1) is 0 Å². The van der Waals surface area contributed by atoms with Crippen molar-refractivity contribution in [3.05, 3.63) is 128 Å². The van der Waals surface area contributed by atoms with Gasteiger partial charge < -0.3 is 4.74 Å². The molecule has 0 spiro atoms. The first-order chi connectivity index (χ1) is 18.5. The first-order valence-corrected chi connectivity index (χ1v) is 13.6. The minimum atomic E-state index is -0.343. The van der Waals surface area contributed by atoms with E-state index in [9.17, 15) is 4.79 Å². The van der Waals surface area contributed by atoms with Crippen molar-refractivity contribution in [3.63, 3.8) is 0 Å². The summed E-state index contributed by atoms with van der Waals surface area (Å²) in [5, 5.41) is 5.62. The molecule has 188 valence electrons. The largest absolute Gasteiger partial charge is 0.487 e. The molecule has 5 aromatic rings. The van der Waals surface area contributed by atoms with E-state index in [-0.39, 0.29) is 12.5 Å². The Bertz CT molecular complexity index is 1660. The monoisotopic (exact) mass is 647 g/mol. The second kappa shape index (κ2) is 11.9. The van der Waals surface area contributed by atoms with Crippen LogP contribution in [0.25, 0.3) is 22.2 Å². The lowest BCUT2D eigenvalue weighted by atomic mass is 10.0.